The molecule has 1 aliphatic rings. The number of ether oxygens (including phenoxy) is 3. The van der Waals surface area contributed by atoms with E-state index in [1.165, 1.54) is 38.5 Å². The number of carbonyl (C=O) groups is 2. The van der Waals surface area contributed by atoms with E-state index < -0.39 is 17.6 Å². The van der Waals surface area contributed by atoms with Crippen molar-refractivity contribution in [3.8, 4) is 17.2 Å². The Kier molecular flexibility index (Phi) is 6.49. The fraction of sp³-hybridized carbons (Fsp3) is 0.154. The van der Waals surface area contributed by atoms with Crippen molar-refractivity contribution < 1.29 is 28.2 Å². The van der Waals surface area contributed by atoms with Crippen LogP contribution in [0.3, 0.4) is 0 Å². The van der Waals surface area contributed by atoms with Crippen LogP contribution in [0.4, 0.5) is 15.8 Å². The topological polar surface area (TPSA) is 77.1 Å². The van der Waals surface area contributed by atoms with E-state index in [2.05, 4.69) is 5.32 Å². The van der Waals surface area contributed by atoms with Crippen LogP contribution in [-0.2, 0) is 9.59 Å². The van der Waals surface area contributed by atoms with E-state index in [0.29, 0.717) is 40.8 Å². The summed E-state index contributed by atoms with van der Waals surface area (Å²) in [5.41, 5.74) is 1.34. The molecule has 2 amide bonds. The number of hydrogen-bond acceptors (Lipinski definition) is 6. The summed E-state index contributed by atoms with van der Waals surface area (Å²) >= 11 is 0. The summed E-state index contributed by atoms with van der Waals surface area (Å²) in [4.78, 5) is 28.3. The van der Waals surface area contributed by atoms with E-state index in [0.717, 1.165) is 4.90 Å². The van der Waals surface area contributed by atoms with Crippen LogP contribution < -0.4 is 24.4 Å². The van der Waals surface area contributed by atoms with Gasteiger partial charge in [-0.1, -0.05) is 24.3 Å². The number of halogens is 1. The predicted octanol–water partition coefficient (Wildman–Crippen LogP) is 4.64. The Bertz CT molecular complexity index is 1250. The number of methoxy groups -OCH3 is 2. The summed E-state index contributed by atoms with van der Waals surface area (Å²) < 4.78 is 29.9. The lowest BCUT2D eigenvalue weighted by Gasteiger charge is -2.19. The van der Waals surface area contributed by atoms with E-state index in [4.69, 9.17) is 14.2 Å². The number of imide groups is 1. The molecule has 0 fully saturated rings. The second-order valence-electron chi connectivity index (χ2n) is 7.33. The monoisotopic (exact) mass is 462 g/mol. The quantitative estimate of drug-likeness (QED) is 0.492. The van der Waals surface area contributed by atoms with Crippen molar-refractivity contribution in [3.63, 3.8) is 0 Å². The number of hydrogen-bond donors (Lipinski definition) is 1. The molecule has 8 heteroatoms. The number of benzene rings is 3. The van der Waals surface area contributed by atoms with Gasteiger partial charge in [0.15, 0.2) is 0 Å². The van der Waals surface area contributed by atoms with Gasteiger partial charge in [0.05, 0.1) is 32.1 Å². The van der Waals surface area contributed by atoms with Gasteiger partial charge in [-0.2, -0.15) is 0 Å². The Morgan fingerprint density at radius 1 is 0.882 bits per heavy atom. The highest BCUT2D eigenvalue weighted by Gasteiger charge is 2.41. The second kappa shape index (κ2) is 9.66. The molecule has 0 bridgehead atoms. The summed E-state index contributed by atoms with van der Waals surface area (Å²) in [6.07, 6.45) is 0. The SMILES string of the molecule is CCOc1ccccc1N1C(=O)C(Nc2cc(OC)cc(OC)c2)=C(c2ccc(F)cc2)C1=O. The molecule has 34 heavy (non-hydrogen) atoms. The minimum atomic E-state index is -0.571. The molecule has 1 heterocycles. The van der Waals surface area contributed by atoms with Gasteiger partial charge >= 0.3 is 0 Å². The molecule has 0 aromatic heterocycles. The highest BCUT2D eigenvalue weighted by Crippen LogP contribution is 2.38. The van der Waals surface area contributed by atoms with E-state index in [9.17, 15) is 14.0 Å². The Balaban J connectivity index is 1.84. The number of anilines is 2. The van der Waals surface area contributed by atoms with Gasteiger partial charge in [0.2, 0.25) is 0 Å². The number of nitrogens with one attached hydrogen (secondary N) is 1. The van der Waals surface area contributed by atoms with Crippen molar-refractivity contribution in [1.29, 1.82) is 0 Å². The average Bonchev–Trinajstić information content (AvgIpc) is 3.09. The molecular weight excluding hydrogens is 439 g/mol. The molecule has 0 aliphatic carbocycles. The van der Waals surface area contributed by atoms with Crippen molar-refractivity contribution in [3.05, 3.63) is 83.8 Å². The molecule has 0 saturated heterocycles. The number of nitrogens with zero attached hydrogens (tertiary/aromatic N) is 1. The van der Waals surface area contributed by atoms with Crippen LogP contribution in [-0.4, -0.2) is 32.6 Å². The molecule has 0 atom stereocenters. The Morgan fingerprint density at radius 2 is 1.53 bits per heavy atom. The molecule has 174 valence electrons. The zero-order chi connectivity index (χ0) is 24.2. The summed E-state index contributed by atoms with van der Waals surface area (Å²) in [6, 6.07) is 17.2. The fourth-order valence-corrected chi connectivity index (χ4v) is 3.69. The van der Waals surface area contributed by atoms with Crippen molar-refractivity contribution in [2.45, 2.75) is 6.92 Å². The molecule has 7 nitrogen and oxygen atoms in total. The molecular formula is C26H23FN2O5. The molecule has 0 unspecified atom stereocenters. The van der Waals surface area contributed by atoms with Crippen molar-refractivity contribution >= 4 is 28.8 Å². The first-order valence-corrected chi connectivity index (χ1v) is 10.6. The normalized spacial score (nSPS) is 13.4. The lowest BCUT2D eigenvalue weighted by Crippen LogP contribution is -2.32. The van der Waals surface area contributed by atoms with E-state index in [1.54, 1.807) is 42.5 Å². The zero-order valence-corrected chi connectivity index (χ0v) is 18.9. The molecule has 1 aliphatic heterocycles. The summed E-state index contributed by atoms with van der Waals surface area (Å²) in [5.74, 6) is -0.178. The maximum absolute atomic E-state index is 13.6. The smallest absolute Gasteiger partial charge is 0.282 e. The minimum Gasteiger partial charge on any atom is -0.497 e. The van der Waals surface area contributed by atoms with Gasteiger partial charge in [0, 0.05) is 23.9 Å². The Morgan fingerprint density at radius 3 is 2.15 bits per heavy atom. The maximum Gasteiger partial charge on any atom is 0.282 e. The highest BCUT2D eigenvalue weighted by molar-refractivity contribution is 6.46. The lowest BCUT2D eigenvalue weighted by molar-refractivity contribution is -0.120. The van der Waals surface area contributed by atoms with Gasteiger partial charge in [0.25, 0.3) is 11.8 Å². The van der Waals surface area contributed by atoms with Crippen LogP contribution >= 0.6 is 0 Å². The van der Waals surface area contributed by atoms with Crippen LogP contribution in [0.15, 0.2) is 72.4 Å². The predicted molar refractivity (Wildman–Crippen MR) is 127 cm³/mol. The van der Waals surface area contributed by atoms with E-state index >= 15 is 0 Å². The van der Waals surface area contributed by atoms with Gasteiger partial charge < -0.3 is 19.5 Å². The van der Waals surface area contributed by atoms with Crippen molar-refractivity contribution in [2.24, 2.45) is 0 Å². The molecule has 0 radical (unpaired) electrons. The summed E-state index contributed by atoms with van der Waals surface area (Å²) in [7, 11) is 3.02. The van der Waals surface area contributed by atoms with Crippen LogP contribution in [0.2, 0.25) is 0 Å². The third-order valence-electron chi connectivity index (χ3n) is 5.24. The summed E-state index contributed by atoms with van der Waals surface area (Å²) in [5, 5.41) is 3.06. The third-order valence-corrected chi connectivity index (χ3v) is 5.24. The van der Waals surface area contributed by atoms with E-state index in [-0.39, 0.29) is 11.3 Å². The third kappa shape index (κ3) is 4.30. The molecule has 0 saturated carbocycles. The highest BCUT2D eigenvalue weighted by atomic mass is 19.1. The molecule has 3 aromatic carbocycles. The standard InChI is InChI=1S/C26H23FN2O5/c1-4-34-22-8-6-5-7-21(22)29-25(30)23(16-9-11-17(27)12-10-16)24(26(29)31)28-18-13-19(32-2)15-20(14-18)33-3/h5-15,28H,4H2,1-3H3. The average molecular weight is 462 g/mol. The maximum atomic E-state index is 13.6. The van der Waals surface area contributed by atoms with Gasteiger partial charge in [-0.25, -0.2) is 9.29 Å². The first-order chi connectivity index (χ1) is 16.5. The Labute approximate surface area is 196 Å². The van der Waals surface area contributed by atoms with Gasteiger partial charge in [-0.15, -0.1) is 0 Å². The van der Waals surface area contributed by atoms with Crippen LogP contribution in [0, 0.1) is 5.82 Å². The largest absolute Gasteiger partial charge is 0.497 e. The van der Waals surface area contributed by atoms with Crippen molar-refractivity contribution in [2.75, 3.05) is 31.0 Å². The number of carbonyl (C=O) groups excluding carboxylic acids is 2. The van der Waals surface area contributed by atoms with Crippen LogP contribution in [0.1, 0.15) is 12.5 Å². The molecule has 3 aromatic rings. The number of amides is 2. The second-order valence-corrected chi connectivity index (χ2v) is 7.33. The minimum absolute atomic E-state index is 0.0400. The van der Waals surface area contributed by atoms with Crippen LogP contribution in [0.25, 0.3) is 5.57 Å². The fourth-order valence-electron chi connectivity index (χ4n) is 3.69. The van der Waals surface area contributed by atoms with Gasteiger partial charge in [-0.05, 0) is 36.8 Å². The lowest BCUT2D eigenvalue weighted by atomic mass is 10.0. The van der Waals surface area contributed by atoms with E-state index in [1.807, 2.05) is 6.92 Å². The van der Waals surface area contributed by atoms with Gasteiger partial charge in [-0.3, -0.25) is 9.59 Å². The summed E-state index contributed by atoms with van der Waals surface area (Å²) in [6.45, 7) is 2.18. The first-order valence-electron chi connectivity index (χ1n) is 10.6. The van der Waals surface area contributed by atoms with Crippen molar-refractivity contribution in [1.82, 2.24) is 0 Å². The number of rotatable bonds is 8. The first kappa shape index (κ1) is 22.8. The number of para-hydroxylation sites is 2. The molecule has 0 spiro atoms. The van der Waals surface area contributed by atoms with Crippen LogP contribution in [0.5, 0.6) is 17.2 Å². The molecule has 1 N–H and O–H groups in total. The van der Waals surface area contributed by atoms with Gasteiger partial charge in [0.1, 0.15) is 28.8 Å². The zero-order valence-electron chi connectivity index (χ0n) is 18.9. The molecule has 4 rings (SSSR count). The Hall–Kier alpha value is -4.33.